The van der Waals surface area contributed by atoms with Crippen molar-refractivity contribution in [1.82, 2.24) is 4.90 Å². The number of carbonyl (C=O) groups excluding carboxylic acids is 3. The smallest absolute Gasteiger partial charge is 0.296 e. The number of rotatable bonds is 7. The van der Waals surface area contributed by atoms with Crippen LogP contribution in [0.1, 0.15) is 36.5 Å². The summed E-state index contributed by atoms with van der Waals surface area (Å²) in [4.78, 5) is 44.3. The van der Waals surface area contributed by atoms with Crippen molar-refractivity contribution >= 4 is 29.0 Å². The lowest BCUT2D eigenvalue weighted by Gasteiger charge is -2.35. The van der Waals surface area contributed by atoms with Gasteiger partial charge in [0, 0.05) is 30.8 Å². The van der Waals surface area contributed by atoms with Crippen LogP contribution in [0, 0.1) is 6.92 Å². The van der Waals surface area contributed by atoms with Gasteiger partial charge in [0.1, 0.15) is 18.1 Å². The molecule has 0 radical (unpaired) electrons. The highest BCUT2D eigenvalue weighted by Crippen LogP contribution is 2.53. The fourth-order valence-electron chi connectivity index (χ4n) is 5.67. The Bertz CT molecular complexity index is 1330. The largest absolute Gasteiger partial charge is 0.507 e. The zero-order valence-corrected chi connectivity index (χ0v) is 21.0. The Morgan fingerprint density at radius 2 is 2.03 bits per heavy atom. The maximum Gasteiger partial charge on any atom is 0.296 e. The van der Waals surface area contributed by atoms with E-state index in [1.165, 1.54) is 4.90 Å². The number of carbonyl (C=O) groups is 3. The number of Topliss-reactive ketones (excluding diaryl/α,β-unsaturated/α-hetero) is 1. The van der Waals surface area contributed by atoms with Gasteiger partial charge >= 0.3 is 0 Å². The van der Waals surface area contributed by atoms with Gasteiger partial charge in [-0.15, -0.1) is 0 Å². The first kappa shape index (κ1) is 24.8. The van der Waals surface area contributed by atoms with Gasteiger partial charge in [0.15, 0.2) is 5.54 Å². The second-order valence-corrected chi connectivity index (χ2v) is 9.46. The number of likely N-dealkylation sites (tertiary alicyclic amines) is 1. The third-order valence-electron chi connectivity index (χ3n) is 7.34. The number of aliphatic hydroxyl groups is 1. The van der Waals surface area contributed by atoms with Crippen LogP contribution in [-0.2, 0) is 24.7 Å². The quantitative estimate of drug-likeness (QED) is 0.269. The molecule has 0 unspecified atom stereocenters. The van der Waals surface area contributed by atoms with E-state index >= 15 is 0 Å². The Labute approximate surface area is 215 Å². The molecule has 1 spiro atoms. The molecular weight excluding hydrogens is 472 g/mol. The van der Waals surface area contributed by atoms with Crippen molar-refractivity contribution in [1.29, 1.82) is 0 Å². The van der Waals surface area contributed by atoms with Gasteiger partial charge in [-0.3, -0.25) is 14.4 Å². The number of ether oxygens (including phenoxy) is 2. The lowest BCUT2D eigenvalue weighted by molar-refractivity contribution is -0.145. The van der Waals surface area contributed by atoms with E-state index in [0.29, 0.717) is 42.3 Å². The predicted octanol–water partition coefficient (Wildman–Crippen LogP) is 3.68. The van der Waals surface area contributed by atoms with Crippen LogP contribution < -0.4 is 9.64 Å². The lowest BCUT2D eigenvalue weighted by Crippen LogP contribution is -2.53. The first-order chi connectivity index (χ1) is 17.9. The van der Waals surface area contributed by atoms with E-state index in [1.54, 1.807) is 47.4 Å². The Morgan fingerprint density at radius 3 is 2.70 bits per heavy atom. The molecule has 37 heavy (non-hydrogen) atoms. The number of para-hydroxylation sites is 1. The maximum absolute atomic E-state index is 14.2. The number of aliphatic hydroxyl groups excluding tert-OH is 1. The summed E-state index contributed by atoms with van der Waals surface area (Å²) >= 11 is 0. The van der Waals surface area contributed by atoms with Crippen LogP contribution in [0.15, 0.2) is 60.7 Å². The summed E-state index contributed by atoms with van der Waals surface area (Å²) in [5, 5.41) is 11.6. The average Bonchev–Trinajstić information content (AvgIpc) is 3.56. The molecule has 0 aromatic heterocycles. The normalized spacial score (nSPS) is 24.3. The number of hydrogen-bond donors (Lipinski definition) is 1. The molecule has 2 aromatic rings. The third kappa shape index (κ3) is 3.66. The Morgan fingerprint density at radius 1 is 1.24 bits per heavy atom. The lowest BCUT2D eigenvalue weighted by atomic mass is 9.81. The summed E-state index contributed by atoms with van der Waals surface area (Å²) in [5.74, 6) is -1.93. The van der Waals surface area contributed by atoms with Gasteiger partial charge in [-0.1, -0.05) is 30.9 Å². The van der Waals surface area contributed by atoms with Gasteiger partial charge in [0.25, 0.3) is 17.6 Å². The minimum Gasteiger partial charge on any atom is -0.507 e. The molecule has 0 bridgehead atoms. The van der Waals surface area contributed by atoms with Gasteiger partial charge in [0.05, 0.1) is 17.4 Å². The minimum absolute atomic E-state index is 0.0757. The molecule has 5 rings (SSSR count). The number of anilines is 1. The molecule has 2 aromatic carbocycles. The minimum atomic E-state index is -1.78. The highest BCUT2D eigenvalue weighted by atomic mass is 16.5. The van der Waals surface area contributed by atoms with E-state index in [4.69, 9.17) is 9.47 Å². The molecule has 192 valence electrons. The summed E-state index contributed by atoms with van der Waals surface area (Å²) in [6.07, 6.45) is 2.89. The Balaban J connectivity index is 1.73. The van der Waals surface area contributed by atoms with E-state index in [1.807, 2.05) is 19.9 Å². The van der Waals surface area contributed by atoms with E-state index in [0.717, 1.165) is 18.4 Å². The summed E-state index contributed by atoms with van der Waals surface area (Å²) < 4.78 is 11.4. The fourth-order valence-corrected chi connectivity index (χ4v) is 5.67. The molecule has 1 N–H and O–H groups in total. The highest BCUT2D eigenvalue weighted by Gasteiger charge is 2.67. The molecule has 2 amide bonds. The van der Waals surface area contributed by atoms with Gasteiger partial charge in [-0.2, -0.15) is 0 Å². The molecule has 3 aliphatic rings. The Kier molecular flexibility index (Phi) is 6.37. The second-order valence-electron chi connectivity index (χ2n) is 9.46. The summed E-state index contributed by atoms with van der Waals surface area (Å²) in [5.41, 5.74) is 0.166. The zero-order chi connectivity index (χ0) is 26.3. The van der Waals surface area contributed by atoms with Crippen LogP contribution >= 0.6 is 0 Å². The van der Waals surface area contributed by atoms with Crippen molar-refractivity contribution in [3.05, 3.63) is 77.4 Å². The molecular formula is C29H30N2O6. The number of nitrogens with zero attached hydrogens (tertiary/aromatic N) is 2. The van der Waals surface area contributed by atoms with Crippen LogP contribution in [0.2, 0.25) is 0 Å². The Hall–Kier alpha value is -3.91. The number of amides is 2. The van der Waals surface area contributed by atoms with Gasteiger partial charge in [0.2, 0.25) is 0 Å². The highest BCUT2D eigenvalue weighted by molar-refractivity contribution is 6.50. The van der Waals surface area contributed by atoms with Crippen LogP contribution in [-0.4, -0.2) is 60.0 Å². The van der Waals surface area contributed by atoms with E-state index in [2.05, 4.69) is 6.58 Å². The van der Waals surface area contributed by atoms with Crippen molar-refractivity contribution in [2.24, 2.45) is 0 Å². The van der Waals surface area contributed by atoms with Crippen LogP contribution in [0.25, 0.3) is 5.76 Å². The topological polar surface area (TPSA) is 96.4 Å². The molecule has 8 heteroatoms. The molecule has 3 aliphatic heterocycles. The van der Waals surface area contributed by atoms with Crippen LogP contribution in [0.3, 0.4) is 0 Å². The van der Waals surface area contributed by atoms with Crippen molar-refractivity contribution in [3.8, 4) is 5.75 Å². The summed E-state index contributed by atoms with van der Waals surface area (Å²) in [6, 6.07) is 12.1. The number of aryl methyl sites for hydroxylation is 1. The average molecular weight is 503 g/mol. The SMILES string of the molecule is C=CCOc1ccc(C(O)=C2C(=O)C(=O)N(C[C@@H]3CCCO3)[C@]23C(=O)N(CC)c2ccccc23)cc1C. The van der Waals surface area contributed by atoms with Crippen LogP contribution in [0.4, 0.5) is 5.69 Å². The van der Waals surface area contributed by atoms with Crippen LogP contribution in [0.5, 0.6) is 5.75 Å². The van der Waals surface area contributed by atoms with Gasteiger partial charge < -0.3 is 24.4 Å². The standard InChI is InChI=1S/C29H30N2O6/c1-4-14-37-23-13-12-19(16-18(23)3)25(32)24-26(33)27(34)31(17-20-9-8-15-36-20)29(24)21-10-6-7-11-22(21)30(5-2)28(29)35/h4,6-7,10-13,16,20,32H,1,5,8-9,14-15,17H2,2-3H3/t20-,29-/m0/s1. The molecule has 2 atom stereocenters. The first-order valence-corrected chi connectivity index (χ1v) is 12.5. The van der Waals surface area contributed by atoms with E-state index < -0.39 is 28.9 Å². The molecule has 2 saturated heterocycles. The molecule has 0 saturated carbocycles. The molecule has 2 fully saturated rings. The molecule has 3 heterocycles. The van der Waals surface area contributed by atoms with E-state index in [9.17, 15) is 19.5 Å². The van der Waals surface area contributed by atoms with Gasteiger partial charge in [-0.05, 0) is 56.5 Å². The number of ketones is 1. The monoisotopic (exact) mass is 502 g/mol. The first-order valence-electron chi connectivity index (χ1n) is 12.5. The third-order valence-corrected chi connectivity index (χ3v) is 7.34. The predicted molar refractivity (Wildman–Crippen MR) is 138 cm³/mol. The number of hydrogen-bond acceptors (Lipinski definition) is 6. The number of benzene rings is 2. The van der Waals surface area contributed by atoms with E-state index in [-0.39, 0.29) is 18.2 Å². The number of fused-ring (bicyclic) bond motifs is 2. The van der Waals surface area contributed by atoms with Crippen molar-refractivity contribution in [3.63, 3.8) is 0 Å². The molecule has 0 aliphatic carbocycles. The summed E-state index contributed by atoms with van der Waals surface area (Å²) in [7, 11) is 0. The fraction of sp³-hybridized carbons (Fsp3) is 0.345. The number of likely N-dealkylation sites (N-methyl/N-ethyl adjacent to an activating group) is 1. The maximum atomic E-state index is 14.2. The van der Waals surface area contributed by atoms with Crippen molar-refractivity contribution in [2.75, 3.05) is 31.2 Å². The zero-order valence-electron chi connectivity index (χ0n) is 21.0. The van der Waals surface area contributed by atoms with Crippen molar-refractivity contribution < 1.29 is 29.0 Å². The molecule has 8 nitrogen and oxygen atoms in total. The second kappa shape index (κ2) is 9.52. The van der Waals surface area contributed by atoms with Crippen molar-refractivity contribution in [2.45, 2.75) is 38.3 Å². The summed E-state index contributed by atoms with van der Waals surface area (Å²) in [6.45, 7) is 8.61. The van der Waals surface area contributed by atoms with Gasteiger partial charge in [-0.25, -0.2) is 0 Å².